The average molecular weight is 233 g/mol. The molecule has 2 aromatic rings. The van der Waals surface area contributed by atoms with Crippen molar-refractivity contribution in [1.82, 2.24) is 9.97 Å². The Morgan fingerprint density at radius 2 is 2.24 bits per heavy atom. The van der Waals surface area contributed by atoms with Crippen LogP contribution in [0, 0.1) is 5.82 Å². The second-order valence-corrected chi connectivity index (χ2v) is 4.43. The van der Waals surface area contributed by atoms with E-state index in [2.05, 4.69) is 9.97 Å². The monoisotopic (exact) mass is 233 g/mol. The number of hydrogen-bond donors (Lipinski definition) is 2. The van der Waals surface area contributed by atoms with Crippen LogP contribution in [0.15, 0.2) is 30.5 Å². The highest BCUT2D eigenvalue weighted by atomic mass is 19.1. The fourth-order valence-corrected chi connectivity index (χ4v) is 1.58. The van der Waals surface area contributed by atoms with Crippen LogP contribution in [0.5, 0.6) is 0 Å². The van der Waals surface area contributed by atoms with E-state index in [1.807, 2.05) is 19.9 Å². The first kappa shape index (κ1) is 11.8. The second kappa shape index (κ2) is 4.30. The molecule has 2 rings (SSSR count). The fraction of sp³-hybridized carbons (Fsp3) is 0.308. The predicted molar refractivity (Wildman–Crippen MR) is 65.8 cm³/mol. The molecule has 0 aliphatic rings. The summed E-state index contributed by atoms with van der Waals surface area (Å²) in [5.74, 6) is 0.462. The van der Waals surface area contributed by atoms with Gasteiger partial charge in [-0.15, -0.1) is 0 Å². The molecule has 0 saturated heterocycles. The SMILES string of the molecule is CCC(C)(N)c1ncc(-c2cccc(F)c2)[nH]1. The molecule has 0 aliphatic heterocycles. The van der Waals surface area contributed by atoms with Gasteiger partial charge in [-0.25, -0.2) is 9.37 Å². The molecule has 1 aromatic carbocycles. The molecule has 4 heteroatoms. The number of imidazole rings is 1. The number of nitrogens with one attached hydrogen (secondary N) is 1. The van der Waals surface area contributed by atoms with Crippen molar-refractivity contribution in [2.75, 3.05) is 0 Å². The number of aromatic nitrogens is 2. The van der Waals surface area contributed by atoms with Gasteiger partial charge in [0.2, 0.25) is 0 Å². The van der Waals surface area contributed by atoms with Crippen molar-refractivity contribution in [1.29, 1.82) is 0 Å². The lowest BCUT2D eigenvalue weighted by atomic mass is 10.00. The van der Waals surface area contributed by atoms with Crippen LogP contribution in [0.25, 0.3) is 11.3 Å². The number of nitrogens with two attached hydrogens (primary N) is 1. The Kier molecular flexibility index (Phi) is 2.98. The molecule has 17 heavy (non-hydrogen) atoms. The number of aromatic amines is 1. The van der Waals surface area contributed by atoms with Gasteiger partial charge in [-0.2, -0.15) is 0 Å². The molecular formula is C13H16FN3. The van der Waals surface area contributed by atoms with Crippen molar-refractivity contribution in [2.24, 2.45) is 5.73 Å². The van der Waals surface area contributed by atoms with Crippen LogP contribution in [0.4, 0.5) is 4.39 Å². The molecule has 0 spiro atoms. The summed E-state index contributed by atoms with van der Waals surface area (Å²) in [6.07, 6.45) is 2.47. The highest BCUT2D eigenvalue weighted by Gasteiger charge is 2.22. The van der Waals surface area contributed by atoms with Crippen molar-refractivity contribution in [3.63, 3.8) is 0 Å². The van der Waals surface area contributed by atoms with Gasteiger partial charge in [0.25, 0.3) is 0 Å². The maximum Gasteiger partial charge on any atom is 0.126 e. The van der Waals surface area contributed by atoms with Crippen LogP contribution in [-0.4, -0.2) is 9.97 Å². The lowest BCUT2D eigenvalue weighted by molar-refractivity contribution is 0.450. The van der Waals surface area contributed by atoms with Gasteiger partial charge < -0.3 is 10.7 Å². The molecule has 0 saturated carbocycles. The first-order valence-corrected chi connectivity index (χ1v) is 5.63. The van der Waals surface area contributed by atoms with Crippen LogP contribution in [0.1, 0.15) is 26.1 Å². The highest BCUT2D eigenvalue weighted by molar-refractivity contribution is 5.58. The van der Waals surface area contributed by atoms with Crippen molar-refractivity contribution in [3.8, 4) is 11.3 Å². The second-order valence-electron chi connectivity index (χ2n) is 4.43. The number of H-pyrrole nitrogens is 1. The van der Waals surface area contributed by atoms with Crippen molar-refractivity contribution >= 4 is 0 Å². The van der Waals surface area contributed by atoms with Crippen molar-refractivity contribution < 1.29 is 4.39 Å². The molecule has 3 N–H and O–H groups in total. The van der Waals surface area contributed by atoms with Gasteiger partial charge in [-0.1, -0.05) is 19.1 Å². The summed E-state index contributed by atoms with van der Waals surface area (Å²) in [4.78, 5) is 7.41. The van der Waals surface area contributed by atoms with E-state index in [1.54, 1.807) is 12.3 Å². The standard InChI is InChI=1S/C13H16FN3/c1-3-13(2,15)12-16-8-11(17-12)9-5-4-6-10(14)7-9/h4-8H,3,15H2,1-2H3,(H,16,17). The van der Waals surface area contributed by atoms with Crippen LogP contribution in [0.2, 0.25) is 0 Å². The Morgan fingerprint density at radius 3 is 2.88 bits per heavy atom. The van der Waals surface area contributed by atoms with Crippen molar-refractivity contribution in [3.05, 3.63) is 42.1 Å². The first-order valence-electron chi connectivity index (χ1n) is 5.63. The molecule has 1 unspecified atom stereocenters. The van der Waals surface area contributed by atoms with Crippen LogP contribution < -0.4 is 5.73 Å². The third-order valence-corrected chi connectivity index (χ3v) is 2.99. The summed E-state index contributed by atoms with van der Waals surface area (Å²) in [6, 6.07) is 6.39. The Labute approximate surface area is 99.9 Å². The molecule has 3 nitrogen and oxygen atoms in total. The smallest absolute Gasteiger partial charge is 0.126 e. The largest absolute Gasteiger partial charge is 0.340 e. The van der Waals surface area contributed by atoms with E-state index in [0.29, 0.717) is 0 Å². The van der Waals surface area contributed by atoms with Crippen LogP contribution in [-0.2, 0) is 5.54 Å². The highest BCUT2D eigenvalue weighted by Crippen LogP contribution is 2.23. The Balaban J connectivity index is 2.36. The molecule has 0 amide bonds. The molecule has 0 aliphatic carbocycles. The summed E-state index contributed by atoms with van der Waals surface area (Å²) in [6.45, 7) is 3.92. The van der Waals surface area contributed by atoms with Gasteiger partial charge in [-0.05, 0) is 25.5 Å². The Morgan fingerprint density at radius 1 is 1.47 bits per heavy atom. The van der Waals surface area contributed by atoms with Crippen molar-refractivity contribution in [2.45, 2.75) is 25.8 Å². The topological polar surface area (TPSA) is 54.7 Å². The van der Waals surface area contributed by atoms with Crippen LogP contribution in [0.3, 0.4) is 0 Å². The van der Waals surface area contributed by atoms with Gasteiger partial charge in [0, 0.05) is 5.56 Å². The third kappa shape index (κ3) is 2.36. The minimum absolute atomic E-state index is 0.260. The molecule has 0 bridgehead atoms. The molecule has 0 radical (unpaired) electrons. The lowest BCUT2D eigenvalue weighted by Crippen LogP contribution is -2.33. The quantitative estimate of drug-likeness (QED) is 0.856. The fourth-order valence-electron chi connectivity index (χ4n) is 1.58. The maximum atomic E-state index is 13.1. The number of halogens is 1. The molecule has 0 fully saturated rings. The normalized spacial score (nSPS) is 14.6. The van der Waals surface area contributed by atoms with E-state index in [-0.39, 0.29) is 5.82 Å². The summed E-state index contributed by atoms with van der Waals surface area (Å²) in [5.41, 5.74) is 7.17. The summed E-state index contributed by atoms with van der Waals surface area (Å²) in [7, 11) is 0. The van der Waals surface area contributed by atoms with E-state index in [9.17, 15) is 4.39 Å². The molecule has 1 atom stereocenters. The summed E-state index contributed by atoms with van der Waals surface area (Å²) in [5, 5.41) is 0. The first-order chi connectivity index (χ1) is 8.03. The predicted octanol–water partition coefficient (Wildman–Crippen LogP) is 2.80. The van der Waals surface area contributed by atoms with E-state index >= 15 is 0 Å². The number of hydrogen-bond acceptors (Lipinski definition) is 2. The molecule has 90 valence electrons. The zero-order valence-electron chi connectivity index (χ0n) is 10.00. The number of nitrogens with zero attached hydrogens (tertiary/aromatic N) is 1. The Bertz CT molecular complexity index is 517. The minimum atomic E-state index is -0.481. The molecule has 1 aromatic heterocycles. The molecule has 1 heterocycles. The van der Waals surface area contributed by atoms with E-state index in [4.69, 9.17) is 5.73 Å². The number of rotatable bonds is 3. The van der Waals surface area contributed by atoms with Gasteiger partial charge in [0.05, 0.1) is 17.4 Å². The zero-order valence-corrected chi connectivity index (χ0v) is 10.00. The van der Waals surface area contributed by atoms with Gasteiger partial charge in [0.15, 0.2) is 0 Å². The minimum Gasteiger partial charge on any atom is -0.340 e. The van der Waals surface area contributed by atoms with E-state index in [0.717, 1.165) is 23.5 Å². The maximum absolute atomic E-state index is 13.1. The van der Waals surface area contributed by atoms with Gasteiger partial charge in [-0.3, -0.25) is 0 Å². The number of benzene rings is 1. The summed E-state index contributed by atoms with van der Waals surface area (Å²) < 4.78 is 13.1. The van der Waals surface area contributed by atoms with Gasteiger partial charge in [0.1, 0.15) is 11.6 Å². The zero-order chi connectivity index (χ0) is 12.5. The van der Waals surface area contributed by atoms with Gasteiger partial charge >= 0.3 is 0 Å². The lowest BCUT2D eigenvalue weighted by Gasteiger charge is -2.19. The van der Waals surface area contributed by atoms with E-state index < -0.39 is 5.54 Å². The van der Waals surface area contributed by atoms with E-state index in [1.165, 1.54) is 12.1 Å². The third-order valence-electron chi connectivity index (χ3n) is 2.99. The molecular weight excluding hydrogens is 217 g/mol. The van der Waals surface area contributed by atoms with Crippen LogP contribution >= 0.6 is 0 Å². The average Bonchev–Trinajstić information content (AvgIpc) is 2.79. The Hall–Kier alpha value is -1.68. The summed E-state index contributed by atoms with van der Waals surface area (Å²) >= 11 is 0.